The Morgan fingerprint density at radius 1 is 0.541 bits per heavy atom. The Bertz CT molecular complexity index is 2380. The lowest BCUT2D eigenvalue weighted by atomic mass is 10.0. The number of hydrogen-bond acceptors (Lipinski definition) is 10. The minimum Gasteiger partial charge on any atom is -0.490 e. The van der Waals surface area contributed by atoms with E-state index in [1.165, 1.54) is 0 Å². The van der Waals surface area contributed by atoms with E-state index < -0.39 is 36.1 Å². The van der Waals surface area contributed by atoms with Crippen LogP contribution in [0.15, 0.2) is 122 Å². The number of hydrogen-bond donors (Lipinski definition) is 0. The minimum atomic E-state index is -0.879. The van der Waals surface area contributed by atoms with Crippen molar-refractivity contribution in [1.82, 2.24) is 0 Å². The van der Waals surface area contributed by atoms with Gasteiger partial charge in [0.2, 0.25) is 0 Å². The van der Waals surface area contributed by atoms with Crippen molar-refractivity contribution in [3.8, 4) is 58.9 Å². The Morgan fingerprint density at radius 2 is 0.951 bits per heavy atom. The van der Waals surface area contributed by atoms with Crippen LogP contribution in [0, 0.1) is 54.3 Å². The number of rotatable bonds is 20. The largest absolute Gasteiger partial charge is 0.490 e. The van der Waals surface area contributed by atoms with Gasteiger partial charge in [-0.25, -0.2) is 9.59 Å². The van der Waals surface area contributed by atoms with Crippen LogP contribution in [0.5, 0.6) is 11.5 Å². The lowest BCUT2D eigenvalue weighted by Crippen LogP contribution is -2.31. The molecule has 4 aromatic rings. The lowest BCUT2D eigenvalue weighted by Gasteiger charge is -2.18. The maximum absolute atomic E-state index is 13.0. The average Bonchev–Trinajstić information content (AvgIpc) is 3.27. The highest BCUT2D eigenvalue weighted by Gasteiger charge is 2.20. The van der Waals surface area contributed by atoms with E-state index in [9.17, 15) is 19.2 Å². The van der Waals surface area contributed by atoms with Gasteiger partial charge in [0.25, 0.3) is 0 Å². The van der Waals surface area contributed by atoms with E-state index >= 15 is 0 Å². The summed E-state index contributed by atoms with van der Waals surface area (Å²) in [6.07, 6.45) is 0.979. The predicted octanol–water partition coefficient (Wildman–Crippen LogP) is 6.49. The summed E-state index contributed by atoms with van der Waals surface area (Å²) >= 11 is 0. The highest BCUT2D eigenvalue weighted by atomic mass is 16.6. The first-order valence-electron chi connectivity index (χ1n) is 19.1. The molecule has 10 heteroatoms. The zero-order chi connectivity index (χ0) is 43.7. The Labute approximate surface area is 356 Å². The first-order chi connectivity index (χ1) is 29.6. The molecule has 0 aliphatic heterocycles. The highest BCUT2D eigenvalue weighted by molar-refractivity contribution is 5.81. The number of benzene rings is 4. The topological polar surface area (TPSA) is 124 Å². The Kier molecular flexibility index (Phi) is 19.1. The first-order valence-corrected chi connectivity index (χ1v) is 19.1. The van der Waals surface area contributed by atoms with E-state index in [-0.39, 0.29) is 39.3 Å². The van der Waals surface area contributed by atoms with Crippen molar-refractivity contribution in [2.24, 2.45) is 0 Å². The van der Waals surface area contributed by atoms with Gasteiger partial charge < -0.3 is 28.4 Å². The molecule has 0 bridgehead atoms. The monoisotopic (exact) mass is 816 g/mol. The molecule has 61 heavy (non-hydrogen) atoms. The number of ether oxygens (including phenoxy) is 6. The summed E-state index contributed by atoms with van der Waals surface area (Å²) in [5, 5.41) is 0. The molecule has 0 radical (unpaired) electrons. The first kappa shape index (κ1) is 45.8. The molecule has 308 valence electrons. The van der Waals surface area contributed by atoms with Crippen LogP contribution in [0.2, 0.25) is 0 Å². The highest BCUT2D eigenvalue weighted by Crippen LogP contribution is 2.17. The number of aryl methyl sites for hydroxylation is 1. The fraction of sp³-hybridized carbons (Fsp3) is 0.216. The third kappa shape index (κ3) is 18.0. The van der Waals surface area contributed by atoms with E-state index in [1.807, 2.05) is 79.7 Å². The van der Waals surface area contributed by atoms with Crippen molar-refractivity contribution in [2.75, 3.05) is 26.4 Å². The number of carbonyl (C=O) groups is 4. The van der Waals surface area contributed by atoms with Crippen LogP contribution in [0.1, 0.15) is 40.3 Å². The molecule has 10 nitrogen and oxygen atoms in total. The molecular weight excluding hydrogens is 773 g/mol. The van der Waals surface area contributed by atoms with E-state index in [0.717, 1.165) is 40.0 Å². The van der Waals surface area contributed by atoms with Gasteiger partial charge in [-0.15, -0.1) is 0 Å². The van der Waals surface area contributed by atoms with Crippen LogP contribution in [-0.4, -0.2) is 62.5 Å². The second-order valence-electron chi connectivity index (χ2n) is 13.1. The number of esters is 4. The van der Waals surface area contributed by atoms with E-state index in [0.29, 0.717) is 23.5 Å². The molecule has 0 aromatic heterocycles. The molecule has 0 aliphatic rings. The van der Waals surface area contributed by atoms with Crippen molar-refractivity contribution >= 4 is 23.9 Å². The summed E-state index contributed by atoms with van der Waals surface area (Å²) in [6, 6.07) is 29.5. The molecule has 0 amide bonds. The van der Waals surface area contributed by atoms with Gasteiger partial charge in [-0.2, -0.15) is 0 Å². The van der Waals surface area contributed by atoms with Gasteiger partial charge in [0.05, 0.1) is 12.8 Å². The number of carbonyl (C=O) groups excluding carboxylic acids is 4. The van der Waals surface area contributed by atoms with Crippen LogP contribution in [0.25, 0.3) is 0 Å². The second-order valence-corrected chi connectivity index (χ2v) is 13.1. The third-order valence-electron chi connectivity index (χ3n) is 8.30. The van der Waals surface area contributed by atoms with Crippen molar-refractivity contribution in [2.45, 2.75) is 45.3 Å². The third-order valence-corrected chi connectivity index (χ3v) is 8.30. The molecule has 0 spiro atoms. The fourth-order valence-corrected chi connectivity index (χ4v) is 5.21. The van der Waals surface area contributed by atoms with Crippen molar-refractivity contribution in [1.29, 1.82) is 0 Å². The normalized spacial score (nSPS) is 10.7. The Morgan fingerprint density at radius 3 is 1.39 bits per heavy atom. The van der Waals surface area contributed by atoms with Gasteiger partial charge in [-0.3, -0.25) is 9.59 Å². The van der Waals surface area contributed by atoms with Gasteiger partial charge in [-0.05, 0) is 114 Å². The van der Waals surface area contributed by atoms with E-state index in [4.69, 9.17) is 28.4 Å². The molecule has 4 aromatic carbocycles. The molecule has 0 saturated heterocycles. The van der Waals surface area contributed by atoms with Gasteiger partial charge in [0.1, 0.15) is 37.9 Å². The molecule has 0 aliphatic carbocycles. The smallest absolute Gasteiger partial charge is 0.330 e. The maximum Gasteiger partial charge on any atom is 0.330 e. The summed E-state index contributed by atoms with van der Waals surface area (Å²) in [5.74, 6) is 20.1. The van der Waals surface area contributed by atoms with Gasteiger partial charge in [-0.1, -0.05) is 91.2 Å². The zero-order valence-electron chi connectivity index (χ0n) is 34.0. The van der Waals surface area contributed by atoms with Crippen molar-refractivity contribution in [3.63, 3.8) is 0 Å². The molecule has 2 atom stereocenters. The summed E-state index contributed by atoms with van der Waals surface area (Å²) in [6.45, 7) is 9.99. The van der Waals surface area contributed by atoms with E-state index in [2.05, 4.69) is 60.5 Å². The summed E-state index contributed by atoms with van der Waals surface area (Å²) in [5.41, 5.74) is 5.29. The van der Waals surface area contributed by atoms with Gasteiger partial charge >= 0.3 is 23.9 Å². The van der Waals surface area contributed by atoms with Crippen LogP contribution >= 0.6 is 0 Å². The fourth-order valence-electron chi connectivity index (χ4n) is 5.21. The second kappa shape index (κ2) is 25.4. The predicted molar refractivity (Wildman–Crippen MR) is 230 cm³/mol. The summed E-state index contributed by atoms with van der Waals surface area (Å²) in [4.78, 5) is 49.2. The lowest BCUT2D eigenvalue weighted by molar-refractivity contribution is -0.158. The maximum atomic E-state index is 13.0. The van der Waals surface area contributed by atoms with Crippen LogP contribution < -0.4 is 9.47 Å². The Hall–Kier alpha value is -7.92. The van der Waals surface area contributed by atoms with Crippen LogP contribution in [0.3, 0.4) is 0 Å². The standard InChI is InChI=1S/C51H44O10/c1-5-8-9-10-11-12-13-14-39-25-29-45(30-26-39)57-35-47(37-59-49(53)7-3)61-51(55)33-43-23-19-41(20-24-43)31-40-17-21-42(22-18-40)32-50(54)60-46(36-58-48(52)6-2)34-56-44-27-15-38(4)16-28-44/h6-7,15-30,46-47H,2-3,31-37H2,1,4H3. The SMILES string of the molecule is C=CC(=O)OCC(COc1ccc(C)cc1)OC(=O)Cc1ccc(Cc2ccc(CC(=O)OC(COC(=O)C=C)COc3ccc(C#CC#CC#CC#CC)cc3)cc2)cc1. The Balaban J connectivity index is 1.26. The molecule has 0 fully saturated rings. The average molecular weight is 817 g/mol. The minimum absolute atomic E-state index is 0.000405. The molecule has 2 unspecified atom stereocenters. The molecular formula is C51H44O10. The molecule has 0 N–H and O–H groups in total. The zero-order valence-corrected chi connectivity index (χ0v) is 34.0. The summed E-state index contributed by atoms with van der Waals surface area (Å²) in [7, 11) is 0. The summed E-state index contributed by atoms with van der Waals surface area (Å²) < 4.78 is 33.1. The molecule has 0 heterocycles. The molecule has 0 saturated carbocycles. The van der Waals surface area contributed by atoms with Gasteiger partial charge in [0.15, 0.2) is 12.2 Å². The van der Waals surface area contributed by atoms with Crippen molar-refractivity contribution < 1.29 is 47.6 Å². The van der Waals surface area contributed by atoms with E-state index in [1.54, 1.807) is 31.2 Å². The van der Waals surface area contributed by atoms with Gasteiger partial charge in [0, 0.05) is 17.7 Å². The van der Waals surface area contributed by atoms with Crippen LogP contribution in [0.4, 0.5) is 0 Å². The van der Waals surface area contributed by atoms with Crippen molar-refractivity contribution in [3.05, 3.63) is 156 Å². The molecule has 4 rings (SSSR count). The van der Waals surface area contributed by atoms with Crippen LogP contribution in [-0.2, 0) is 57.4 Å². The quantitative estimate of drug-likeness (QED) is 0.0423.